The number of carbonyl (C=O) groups is 1. The molecule has 158 valence electrons. The van der Waals surface area contributed by atoms with Crippen LogP contribution < -0.4 is 10.6 Å². The van der Waals surface area contributed by atoms with Crippen molar-refractivity contribution in [3.05, 3.63) is 65.2 Å². The first-order valence-electron chi connectivity index (χ1n) is 11.0. The number of carbonyl (C=O) groups excluding carboxylic acids is 1. The number of benzene rings is 2. The van der Waals surface area contributed by atoms with Crippen molar-refractivity contribution in [2.45, 2.75) is 52.4 Å². The van der Waals surface area contributed by atoms with Gasteiger partial charge in [-0.15, -0.1) is 0 Å². The Morgan fingerprint density at radius 3 is 2.10 bits per heavy atom. The zero-order valence-electron chi connectivity index (χ0n) is 18.3. The number of unbranched alkanes of at least 4 members (excludes halogenated alkanes) is 1. The van der Waals surface area contributed by atoms with Gasteiger partial charge in [-0.1, -0.05) is 56.7 Å². The molecule has 2 amide bonds. The third-order valence-corrected chi connectivity index (χ3v) is 5.23. The van der Waals surface area contributed by atoms with Crippen LogP contribution in [0.15, 0.2) is 48.5 Å². The number of anilines is 1. The number of rotatable bonds is 12. The zero-order chi connectivity index (χ0) is 20.9. The molecule has 0 aliphatic carbocycles. The minimum absolute atomic E-state index is 0.185. The molecule has 0 aromatic heterocycles. The predicted octanol–water partition coefficient (Wildman–Crippen LogP) is 5.28. The van der Waals surface area contributed by atoms with Crippen LogP contribution in [0.4, 0.5) is 10.5 Å². The van der Waals surface area contributed by atoms with Crippen LogP contribution in [-0.4, -0.2) is 37.6 Å². The molecular formula is C25H37N3O. The molecule has 0 aliphatic heterocycles. The lowest BCUT2D eigenvalue weighted by atomic mass is 10.0. The monoisotopic (exact) mass is 395 g/mol. The Kier molecular flexibility index (Phi) is 10.3. The van der Waals surface area contributed by atoms with Crippen LogP contribution in [-0.2, 0) is 19.3 Å². The number of aryl methyl sites for hydroxylation is 1. The second-order valence-electron chi connectivity index (χ2n) is 7.67. The highest BCUT2D eigenvalue weighted by atomic mass is 16.2. The number of hydrogen-bond donors (Lipinski definition) is 2. The van der Waals surface area contributed by atoms with Crippen molar-refractivity contribution in [1.82, 2.24) is 10.2 Å². The summed E-state index contributed by atoms with van der Waals surface area (Å²) < 4.78 is 0. The Morgan fingerprint density at radius 1 is 0.828 bits per heavy atom. The number of nitrogens with zero attached hydrogens (tertiary/aromatic N) is 1. The normalized spacial score (nSPS) is 10.9. The Morgan fingerprint density at radius 2 is 1.48 bits per heavy atom. The van der Waals surface area contributed by atoms with E-state index in [9.17, 15) is 4.79 Å². The van der Waals surface area contributed by atoms with Gasteiger partial charge < -0.3 is 15.5 Å². The molecule has 0 radical (unpaired) electrons. The lowest BCUT2D eigenvalue weighted by Gasteiger charge is -2.22. The first-order chi connectivity index (χ1) is 14.1. The molecule has 4 nitrogen and oxygen atoms in total. The summed E-state index contributed by atoms with van der Waals surface area (Å²) in [6.45, 7) is 7.71. The molecule has 2 aromatic rings. The first kappa shape index (κ1) is 23.0. The van der Waals surface area contributed by atoms with Gasteiger partial charge in [-0.3, -0.25) is 0 Å². The van der Waals surface area contributed by atoms with E-state index in [1.807, 2.05) is 12.1 Å². The van der Waals surface area contributed by atoms with Gasteiger partial charge >= 0.3 is 6.03 Å². The molecular weight excluding hydrogens is 358 g/mol. The Hall–Kier alpha value is -2.33. The maximum atomic E-state index is 11.5. The van der Waals surface area contributed by atoms with E-state index in [0.29, 0.717) is 0 Å². The first-order valence-corrected chi connectivity index (χ1v) is 11.0. The van der Waals surface area contributed by atoms with Crippen molar-refractivity contribution in [1.29, 1.82) is 0 Å². The average Bonchev–Trinajstić information content (AvgIpc) is 2.75. The largest absolute Gasteiger partial charge is 0.341 e. The molecule has 29 heavy (non-hydrogen) atoms. The van der Waals surface area contributed by atoms with Crippen LogP contribution in [0.3, 0.4) is 0 Å². The highest BCUT2D eigenvalue weighted by Gasteiger charge is 2.06. The third kappa shape index (κ3) is 8.70. The van der Waals surface area contributed by atoms with Crippen molar-refractivity contribution in [2.24, 2.45) is 0 Å². The summed E-state index contributed by atoms with van der Waals surface area (Å²) in [5.74, 6) is 0. The van der Waals surface area contributed by atoms with Gasteiger partial charge in [-0.05, 0) is 67.5 Å². The fourth-order valence-electron chi connectivity index (χ4n) is 3.48. The maximum Gasteiger partial charge on any atom is 0.318 e. The van der Waals surface area contributed by atoms with E-state index in [1.165, 1.54) is 36.0 Å². The highest BCUT2D eigenvalue weighted by molar-refractivity contribution is 5.89. The van der Waals surface area contributed by atoms with Crippen LogP contribution >= 0.6 is 0 Å². The highest BCUT2D eigenvalue weighted by Crippen LogP contribution is 2.13. The molecule has 0 spiro atoms. The van der Waals surface area contributed by atoms with E-state index >= 15 is 0 Å². The number of hydrogen-bond acceptors (Lipinski definition) is 2. The summed E-state index contributed by atoms with van der Waals surface area (Å²) in [5.41, 5.74) is 4.96. The number of urea groups is 1. The SMILES string of the molecule is CCCCc1ccc(CCN(CCC)CCc2cccc(NC(=O)NC)c2)cc1. The number of nitrogens with one attached hydrogen (secondary N) is 2. The minimum atomic E-state index is -0.185. The van der Waals surface area contributed by atoms with E-state index in [0.717, 1.165) is 44.6 Å². The Labute approximate surface area is 176 Å². The van der Waals surface area contributed by atoms with Gasteiger partial charge in [0, 0.05) is 25.8 Å². The molecule has 2 aromatic carbocycles. The van der Waals surface area contributed by atoms with Gasteiger partial charge in [-0.25, -0.2) is 4.79 Å². The van der Waals surface area contributed by atoms with Gasteiger partial charge in [0.05, 0.1) is 0 Å². The second-order valence-corrected chi connectivity index (χ2v) is 7.67. The van der Waals surface area contributed by atoms with Crippen LogP contribution in [0.2, 0.25) is 0 Å². The van der Waals surface area contributed by atoms with Crippen molar-refractivity contribution < 1.29 is 4.79 Å². The van der Waals surface area contributed by atoms with Crippen LogP contribution in [0.5, 0.6) is 0 Å². The summed E-state index contributed by atoms with van der Waals surface area (Å²) in [6, 6.07) is 17.1. The van der Waals surface area contributed by atoms with Crippen LogP contribution in [0.25, 0.3) is 0 Å². The summed E-state index contributed by atoms with van der Waals surface area (Å²) in [7, 11) is 1.63. The van der Waals surface area contributed by atoms with Gasteiger partial charge in [0.15, 0.2) is 0 Å². The molecule has 4 heteroatoms. The van der Waals surface area contributed by atoms with E-state index in [4.69, 9.17) is 0 Å². The van der Waals surface area contributed by atoms with E-state index in [-0.39, 0.29) is 6.03 Å². The minimum Gasteiger partial charge on any atom is -0.341 e. The van der Waals surface area contributed by atoms with E-state index in [1.54, 1.807) is 7.05 Å². The third-order valence-electron chi connectivity index (χ3n) is 5.23. The molecule has 0 saturated heterocycles. The lowest BCUT2D eigenvalue weighted by Crippen LogP contribution is -2.29. The quantitative estimate of drug-likeness (QED) is 0.514. The average molecular weight is 396 g/mol. The predicted molar refractivity (Wildman–Crippen MR) is 124 cm³/mol. The van der Waals surface area contributed by atoms with Crippen LogP contribution in [0.1, 0.15) is 49.8 Å². The van der Waals surface area contributed by atoms with E-state index < -0.39 is 0 Å². The summed E-state index contributed by atoms with van der Waals surface area (Å²) in [6.07, 6.45) is 6.94. The fraction of sp³-hybridized carbons (Fsp3) is 0.480. The molecule has 0 bridgehead atoms. The molecule has 0 unspecified atom stereocenters. The Balaban J connectivity index is 1.85. The standard InChI is InChI=1S/C25H37N3O/c1-4-6-8-21-11-13-22(14-12-21)15-18-28(17-5-2)19-16-23-9-7-10-24(20-23)27-25(29)26-3/h7,9-14,20H,4-6,8,15-19H2,1-3H3,(H2,26,27,29). The molecule has 2 N–H and O–H groups in total. The van der Waals surface area contributed by atoms with Crippen molar-refractivity contribution in [2.75, 3.05) is 32.0 Å². The smallest absolute Gasteiger partial charge is 0.318 e. The topological polar surface area (TPSA) is 44.4 Å². The Bertz CT molecular complexity index is 727. The van der Waals surface area contributed by atoms with Gasteiger partial charge in [-0.2, -0.15) is 0 Å². The maximum absolute atomic E-state index is 11.5. The molecule has 0 saturated carbocycles. The van der Waals surface area contributed by atoms with Crippen molar-refractivity contribution in [3.8, 4) is 0 Å². The lowest BCUT2D eigenvalue weighted by molar-refractivity contribution is 0.254. The summed E-state index contributed by atoms with van der Waals surface area (Å²) in [4.78, 5) is 14.1. The van der Waals surface area contributed by atoms with Gasteiger partial charge in [0.25, 0.3) is 0 Å². The van der Waals surface area contributed by atoms with E-state index in [2.05, 4.69) is 65.8 Å². The number of amides is 2. The second kappa shape index (κ2) is 13.0. The fourth-order valence-corrected chi connectivity index (χ4v) is 3.48. The summed E-state index contributed by atoms with van der Waals surface area (Å²) in [5, 5.41) is 5.43. The van der Waals surface area contributed by atoms with Gasteiger partial charge in [0.2, 0.25) is 0 Å². The zero-order valence-corrected chi connectivity index (χ0v) is 18.3. The molecule has 0 fully saturated rings. The van der Waals surface area contributed by atoms with Crippen LogP contribution in [0, 0.1) is 0 Å². The van der Waals surface area contributed by atoms with Crippen molar-refractivity contribution in [3.63, 3.8) is 0 Å². The molecule has 0 aliphatic rings. The van der Waals surface area contributed by atoms with Crippen molar-refractivity contribution >= 4 is 11.7 Å². The molecule has 0 heterocycles. The molecule has 2 rings (SSSR count). The van der Waals surface area contributed by atoms with Gasteiger partial charge in [0.1, 0.15) is 0 Å². The molecule has 0 atom stereocenters. The summed E-state index contributed by atoms with van der Waals surface area (Å²) >= 11 is 0.